The van der Waals surface area contributed by atoms with E-state index in [1.54, 1.807) is 0 Å². The highest BCUT2D eigenvalue weighted by Gasteiger charge is 2.26. The van der Waals surface area contributed by atoms with Crippen LogP contribution >= 0.6 is 11.9 Å². The summed E-state index contributed by atoms with van der Waals surface area (Å²) < 4.78 is 6.54. The van der Waals surface area contributed by atoms with E-state index in [9.17, 15) is 0 Å². The van der Waals surface area contributed by atoms with Gasteiger partial charge in [0.2, 0.25) is 0 Å². The van der Waals surface area contributed by atoms with Gasteiger partial charge in [-0.3, -0.25) is 0 Å². The average molecular weight is 150 g/mol. The Morgan fingerprint density at radius 3 is 2.67 bits per heavy atom. The molecular weight excluding hydrogens is 140 g/mol. The fourth-order valence-corrected chi connectivity index (χ4v) is 1.14. The highest BCUT2D eigenvalue weighted by molar-refractivity contribution is 6.13. The van der Waals surface area contributed by atoms with Crippen LogP contribution in [-0.2, 0) is 4.29 Å². The van der Waals surface area contributed by atoms with Crippen LogP contribution in [0.5, 0.6) is 0 Å². The van der Waals surface area contributed by atoms with E-state index < -0.39 is 0 Å². The molecule has 1 rings (SSSR count). The Hall–Kier alpha value is -0.440. The molecule has 0 amide bonds. The van der Waals surface area contributed by atoms with E-state index in [0.29, 0.717) is 0 Å². The summed E-state index contributed by atoms with van der Waals surface area (Å²) in [6.07, 6.45) is 0. The van der Waals surface area contributed by atoms with Gasteiger partial charge >= 0.3 is 6.02 Å². The summed E-state index contributed by atoms with van der Waals surface area (Å²) in [5.74, 6) is 0. The summed E-state index contributed by atoms with van der Waals surface area (Å²) in [6, 6.07) is 0.733. The van der Waals surface area contributed by atoms with Crippen molar-refractivity contribution < 1.29 is 8.86 Å². The van der Waals surface area contributed by atoms with Crippen LogP contribution < -0.4 is 0 Å². The molecule has 1 aliphatic heterocycles. The van der Waals surface area contributed by atoms with Crippen LogP contribution in [-0.4, -0.2) is 42.7 Å². The lowest BCUT2D eigenvalue weighted by Crippen LogP contribution is -2.24. The third-order valence-corrected chi connectivity index (χ3v) is 1.63. The monoisotopic (exact) mass is 149 g/mol. The Morgan fingerprint density at radius 1 is 1.78 bits per heavy atom. The zero-order valence-corrected chi connectivity index (χ0v) is 6.35. The van der Waals surface area contributed by atoms with Gasteiger partial charge in [0, 0.05) is 0 Å². The number of hydrogen-bond acceptors (Lipinski definition) is 2. The van der Waals surface area contributed by atoms with Gasteiger partial charge in [-0.05, 0) is 0 Å². The van der Waals surface area contributed by atoms with Crippen LogP contribution in [0.2, 0.25) is 0 Å². The van der Waals surface area contributed by atoms with Crippen molar-refractivity contribution in [1.82, 2.24) is 4.90 Å². The van der Waals surface area contributed by atoms with Gasteiger partial charge in [-0.1, -0.05) is 0 Å². The predicted octanol–water partition coefficient (Wildman–Crippen LogP) is 0.100. The highest BCUT2D eigenvalue weighted by atomic mass is 35.5. The van der Waals surface area contributed by atoms with Gasteiger partial charge in [0.15, 0.2) is 0 Å². The summed E-state index contributed by atoms with van der Waals surface area (Å²) in [7, 11) is 3.89. The number of hydrogen-bond donors (Lipinski definition) is 0. The number of rotatable bonds is 0. The standard InChI is InChI=1S/C5H10ClN2O/c1-7-3-4-8(2)5(7)9-6/h3-4H2,1-2H3/q+1. The first-order valence-corrected chi connectivity index (χ1v) is 3.14. The van der Waals surface area contributed by atoms with Gasteiger partial charge in [-0.25, -0.2) is 9.48 Å². The smallest absolute Gasteiger partial charge is 0.312 e. The van der Waals surface area contributed by atoms with Gasteiger partial charge in [-0.2, -0.15) is 0 Å². The molecule has 9 heavy (non-hydrogen) atoms. The number of likely N-dealkylation sites (N-methyl/N-ethyl adjacent to an activating group) is 2. The van der Waals surface area contributed by atoms with Gasteiger partial charge in [0.1, 0.15) is 25.0 Å². The van der Waals surface area contributed by atoms with Crippen LogP contribution in [0.25, 0.3) is 0 Å². The summed E-state index contributed by atoms with van der Waals surface area (Å²) in [5.41, 5.74) is 0. The summed E-state index contributed by atoms with van der Waals surface area (Å²) in [4.78, 5) is 1.97. The summed E-state index contributed by atoms with van der Waals surface area (Å²) in [6.45, 7) is 1.97. The second-order valence-corrected chi connectivity index (χ2v) is 2.36. The first kappa shape index (κ1) is 6.68. The molecule has 0 aliphatic carbocycles. The van der Waals surface area contributed by atoms with E-state index in [4.69, 9.17) is 11.9 Å². The quantitative estimate of drug-likeness (QED) is 0.454. The normalized spacial score (nSPS) is 19.2. The molecular formula is C5H10ClN2O+. The average Bonchev–Trinajstić information content (AvgIpc) is 2.12. The lowest BCUT2D eigenvalue weighted by atomic mass is 10.6. The Balaban J connectivity index is 2.69. The molecule has 0 aromatic carbocycles. The van der Waals surface area contributed by atoms with Crippen LogP contribution in [0.15, 0.2) is 0 Å². The third kappa shape index (κ3) is 1.10. The lowest BCUT2D eigenvalue weighted by Gasteiger charge is -1.99. The SMILES string of the molecule is CN1CC[N+](C)=C1OCl. The molecule has 0 radical (unpaired) electrons. The fourth-order valence-electron chi connectivity index (χ4n) is 0.901. The maximum Gasteiger partial charge on any atom is 0.464 e. The first-order valence-electron chi connectivity index (χ1n) is 2.83. The van der Waals surface area contributed by atoms with Crippen molar-refractivity contribution in [2.24, 2.45) is 0 Å². The van der Waals surface area contributed by atoms with E-state index in [2.05, 4.69) is 4.29 Å². The van der Waals surface area contributed by atoms with E-state index >= 15 is 0 Å². The van der Waals surface area contributed by atoms with Crippen molar-refractivity contribution in [2.75, 3.05) is 27.2 Å². The largest absolute Gasteiger partial charge is 0.464 e. The molecule has 0 spiro atoms. The lowest BCUT2D eigenvalue weighted by molar-refractivity contribution is -0.493. The van der Waals surface area contributed by atoms with E-state index in [0.717, 1.165) is 19.1 Å². The summed E-state index contributed by atoms with van der Waals surface area (Å²) >= 11 is 5.18. The molecule has 0 aromatic heterocycles. The van der Waals surface area contributed by atoms with Crippen molar-refractivity contribution >= 4 is 17.9 Å². The second kappa shape index (κ2) is 2.43. The zero-order valence-electron chi connectivity index (χ0n) is 5.59. The maximum atomic E-state index is 5.18. The molecule has 4 heteroatoms. The summed E-state index contributed by atoms with van der Waals surface area (Å²) in [5, 5.41) is 0. The maximum absolute atomic E-state index is 5.18. The van der Waals surface area contributed by atoms with Crippen molar-refractivity contribution in [3.8, 4) is 0 Å². The molecule has 1 aliphatic rings. The van der Waals surface area contributed by atoms with Gasteiger partial charge in [0.25, 0.3) is 0 Å². The molecule has 52 valence electrons. The van der Waals surface area contributed by atoms with Crippen molar-refractivity contribution in [3.05, 3.63) is 0 Å². The van der Waals surface area contributed by atoms with Crippen LogP contribution in [0.4, 0.5) is 0 Å². The molecule has 0 N–H and O–H groups in total. The van der Waals surface area contributed by atoms with E-state index in [1.165, 1.54) is 0 Å². The second-order valence-electron chi connectivity index (χ2n) is 2.20. The minimum Gasteiger partial charge on any atom is -0.312 e. The molecule has 0 aromatic rings. The zero-order chi connectivity index (χ0) is 6.85. The van der Waals surface area contributed by atoms with Crippen LogP contribution in [0, 0.1) is 0 Å². The van der Waals surface area contributed by atoms with Crippen LogP contribution in [0.3, 0.4) is 0 Å². The molecule has 0 saturated carbocycles. The molecule has 0 fully saturated rings. The molecule has 0 unspecified atom stereocenters. The van der Waals surface area contributed by atoms with Crippen molar-refractivity contribution in [2.45, 2.75) is 0 Å². The fraction of sp³-hybridized carbons (Fsp3) is 0.800. The topological polar surface area (TPSA) is 15.5 Å². The highest BCUT2D eigenvalue weighted by Crippen LogP contribution is 1.99. The van der Waals surface area contributed by atoms with Crippen LogP contribution in [0.1, 0.15) is 0 Å². The number of amidine groups is 1. The Labute approximate surface area is 59.6 Å². The predicted molar refractivity (Wildman–Crippen MR) is 35.6 cm³/mol. The van der Waals surface area contributed by atoms with Crippen molar-refractivity contribution in [3.63, 3.8) is 0 Å². The van der Waals surface area contributed by atoms with Gasteiger partial charge in [-0.15, -0.1) is 0 Å². The minimum absolute atomic E-state index is 0.733. The Bertz CT molecular complexity index is 146. The van der Waals surface area contributed by atoms with E-state index in [1.807, 2.05) is 23.6 Å². The molecule has 0 atom stereocenters. The molecule has 0 saturated heterocycles. The van der Waals surface area contributed by atoms with Gasteiger partial charge < -0.3 is 4.29 Å². The first-order chi connectivity index (χ1) is 4.25. The molecule has 0 bridgehead atoms. The van der Waals surface area contributed by atoms with Gasteiger partial charge in [0.05, 0.1) is 14.1 Å². The van der Waals surface area contributed by atoms with Crippen molar-refractivity contribution in [1.29, 1.82) is 0 Å². The number of nitrogens with zero attached hydrogens (tertiary/aromatic N) is 2. The Morgan fingerprint density at radius 2 is 2.44 bits per heavy atom. The number of halogens is 1. The third-order valence-electron chi connectivity index (χ3n) is 1.49. The molecule has 3 nitrogen and oxygen atoms in total. The Kier molecular flexibility index (Phi) is 1.81. The van der Waals surface area contributed by atoms with E-state index in [-0.39, 0.29) is 0 Å². The minimum atomic E-state index is 0.733. The molecule has 1 heterocycles.